The van der Waals surface area contributed by atoms with E-state index in [1.54, 1.807) is 6.08 Å². The van der Waals surface area contributed by atoms with E-state index in [1.807, 2.05) is 24.3 Å². The summed E-state index contributed by atoms with van der Waals surface area (Å²) < 4.78 is 10.7. The Morgan fingerprint density at radius 3 is 2.77 bits per heavy atom. The number of primary amides is 1. The van der Waals surface area contributed by atoms with Gasteiger partial charge >= 0.3 is 5.97 Å². The average Bonchev–Trinajstić information content (AvgIpc) is 2.98. The molecule has 0 fully saturated rings. The predicted octanol–water partition coefficient (Wildman–Crippen LogP) is 1.93. The number of fused-ring (bicyclic) bond motifs is 1. The monoisotopic (exact) mass is 358 g/mol. The number of carbonyl (C=O) groups excluding carboxylic acids is 3. The first-order chi connectivity index (χ1) is 12.5. The van der Waals surface area contributed by atoms with E-state index < -0.39 is 24.4 Å². The summed E-state index contributed by atoms with van der Waals surface area (Å²) in [5, 5.41) is 3.15. The summed E-state index contributed by atoms with van der Waals surface area (Å²) in [4.78, 5) is 33.8. The highest BCUT2D eigenvalue weighted by molar-refractivity contribution is 5.95. The Bertz CT molecular complexity index is 822. The van der Waals surface area contributed by atoms with Crippen LogP contribution in [0.5, 0.6) is 0 Å². The summed E-state index contributed by atoms with van der Waals surface area (Å²) in [6.07, 6.45) is 5.68. The largest absolute Gasteiger partial charge is 0.460 e. The molecule has 2 amide bonds. The van der Waals surface area contributed by atoms with Crippen LogP contribution in [0.25, 0.3) is 17.0 Å². The maximum absolute atomic E-state index is 11.8. The molecule has 7 nitrogen and oxygen atoms in total. The number of unbranched alkanes of at least 4 members (excludes halogenated alkanes) is 1. The van der Waals surface area contributed by atoms with Crippen LogP contribution >= 0.6 is 0 Å². The van der Waals surface area contributed by atoms with E-state index in [1.165, 1.54) is 6.08 Å². The van der Waals surface area contributed by atoms with Crippen molar-refractivity contribution in [3.05, 3.63) is 41.7 Å². The van der Waals surface area contributed by atoms with Crippen LogP contribution in [0.3, 0.4) is 0 Å². The van der Waals surface area contributed by atoms with E-state index in [2.05, 4.69) is 12.2 Å². The van der Waals surface area contributed by atoms with Crippen LogP contribution < -0.4 is 11.1 Å². The van der Waals surface area contributed by atoms with Crippen LogP contribution in [-0.4, -0.2) is 30.9 Å². The normalized spacial score (nSPS) is 11.0. The molecule has 0 saturated heterocycles. The molecule has 0 unspecified atom stereocenters. The van der Waals surface area contributed by atoms with Gasteiger partial charge in [0.1, 0.15) is 11.3 Å². The number of carbonyl (C=O) groups is 3. The number of ether oxygens (including phenoxy) is 1. The second-order valence-electron chi connectivity index (χ2n) is 5.72. The highest BCUT2D eigenvalue weighted by atomic mass is 16.5. The van der Waals surface area contributed by atoms with Crippen molar-refractivity contribution >= 4 is 34.8 Å². The third kappa shape index (κ3) is 5.47. The zero-order chi connectivity index (χ0) is 18.9. The molecule has 0 bridgehead atoms. The molecule has 1 heterocycles. The molecule has 0 aliphatic heterocycles. The Hall–Kier alpha value is -3.09. The number of para-hydroxylation sites is 1. The van der Waals surface area contributed by atoms with E-state index in [4.69, 9.17) is 14.9 Å². The van der Waals surface area contributed by atoms with Crippen molar-refractivity contribution in [2.45, 2.75) is 26.2 Å². The van der Waals surface area contributed by atoms with Gasteiger partial charge in [0.15, 0.2) is 6.61 Å². The Morgan fingerprint density at radius 2 is 2.04 bits per heavy atom. The molecule has 7 heteroatoms. The molecule has 0 saturated carbocycles. The fourth-order valence-corrected chi connectivity index (χ4v) is 2.39. The molecule has 3 N–H and O–H groups in total. The SMILES string of the molecule is CCCCc1oc2ccccc2c1/C=C/C(=O)OCC(=O)NCC(N)=O. The average molecular weight is 358 g/mol. The van der Waals surface area contributed by atoms with Gasteiger partial charge in [0.2, 0.25) is 5.91 Å². The summed E-state index contributed by atoms with van der Waals surface area (Å²) >= 11 is 0. The fourth-order valence-electron chi connectivity index (χ4n) is 2.39. The van der Waals surface area contributed by atoms with Gasteiger partial charge in [0.05, 0.1) is 6.54 Å². The zero-order valence-electron chi connectivity index (χ0n) is 14.6. The lowest BCUT2D eigenvalue weighted by atomic mass is 10.1. The van der Waals surface area contributed by atoms with Crippen LogP contribution in [-0.2, 0) is 25.5 Å². The lowest BCUT2D eigenvalue weighted by molar-refractivity contribution is -0.143. The van der Waals surface area contributed by atoms with Crippen LogP contribution in [0.15, 0.2) is 34.8 Å². The third-order valence-corrected chi connectivity index (χ3v) is 3.66. The van der Waals surface area contributed by atoms with Crippen LogP contribution in [0.4, 0.5) is 0 Å². The molecular weight excluding hydrogens is 336 g/mol. The molecule has 1 aromatic carbocycles. The molecule has 0 spiro atoms. The van der Waals surface area contributed by atoms with Crippen LogP contribution in [0.1, 0.15) is 31.1 Å². The Labute approximate surface area is 151 Å². The molecule has 0 atom stereocenters. The lowest BCUT2D eigenvalue weighted by Crippen LogP contribution is -2.35. The minimum absolute atomic E-state index is 0.298. The van der Waals surface area contributed by atoms with E-state index in [9.17, 15) is 14.4 Å². The maximum atomic E-state index is 11.8. The molecule has 0 aliphatic carbocycles. The Balaban J connectivity index is 2.03. The van der Waals surface area contributed by atoms with Crippen molar-refractivity contribution in [2.75, 3.05) is 13.2 Å². The van der Waals surface area contributed by atoms with E-state index >= 15 is 0 Å². The number of amides is 2. The maximum Gasteiger partial charge on any atom is 0.331 e. The topological polar surface area (TPSA) is 112 Å². The molecule has 0 aliphatic rings. The second kappa shape index (κ2) is 9.41. The van der Waals surface area contributed by atoms with Gasteiger partial charge < -0.3 is 20.2 Å². The van der Waals surface area contributed by atoms with Gasteiger partial charge in [-0.05, 0) is 18.6 Å². The predicted molar refractivity (Wildman–Crippen MR) is 97.0 cm³/mol. The molecule has 2 rings (SSSR count). The van der Waals surface area contributed by atoms with E-state index in [0.29, 0.717) is 0 Å². The number of nitrogens with one attached hydrogen (secondary N) is 1. The lowest BCUT2D eigenvalue weighted by Gasteiger charge is -2.03. The summed E-state index contributed by atoms with van der Waals surface area (Å²) in [6, 6.07) is 7.60. The third-order valence-electron chi connectivity index (χ3n) is 3.66. The first-order valence-corrected chi connectivity index (χ1v) is 8.41. The van der Waals surface area contributed by atoms with Gasteiger partial charge in [-0.25, -0.2) is 4.79 Å². The first kappa shape index (κ1) is 19.2. The highest BCUT2D eigenvalue weighted by Gasteiger charge is 2.12. The number of furan rings is 1. The highest BCUT2D eigenvalue weighted by Crippen LogP contribution is 2.28. The van der Waals surface area contributed by atoms with Crippen molar-refractivity contribution in [3.63, 3.8) is 0 Å². The number of esters is 1. The van der Waals surface area contributed by atoms with Gasteiger partial charge in [-0.15, -0.1) is 0 Å². The minimum atomic E-state index is -0.670. The van der Waals surface area contributed by atoms with Gasteiger partial charge in [-0.3, -0.25) is 9.59 Å². The quantitative estimate of drug-likeness (QED) is 0.525. The van der Waals surface area contributed by atoms with Gasteiger partial charge in [0, 0.05) is 23.4 Å². The van der Waals surface area contributed by atoms with Crippen molar-refractivity contribution in [3.8, 4) is 0 Å². The summed E-state index contributed by atoms with van der Waals surface area (Å²) in [5.74, 6) is -1.11. The van der Waals surface area contributed by atoms with Crippen LogP contribution in [0, 0.1) is 0 Å². The van der Waals surface area contributed by atoms with Gasteiger partial charge in [-0.2, -0.15) is 0 Å². The molecule has 138 valence electrons. The van der Waals surface area contributed by atoms with E-state index in [0.717, 1.165) is 41.6 Å². The summed E-state index contributed by atoms with van der Waals surface area (Å²) in [7, 11) is 0. The van der Waals surface area contributed by atoms with E-state index in [-0.39, 0.29) is 6.54 Å². The molecule has 1 aromatic heterocycles. The number of benzene rings is 1. The standard InChI is InChI=1S/C19H22N2O5/c1-2-3-7-15-14(13-6-4-5-8-16(13)26-15)9-10-19(24)25-12-18(23)21-11-17(20)22/h4-6,8-10H,2-3,7,11-12H2,1H3,(H2,20,22)(H,21,23)/b10-9+. The van der Waals surface area contributed by atoms with Gasteiger partial charge in [-0.1, -0.05) is 31.5 Å². The minimum Gasteiger partial charge on any atom is -0.460 e. The Kier molecular flexibility index (Phi) is 6.96. The molecule has 26 heavy (non-hydrogen) atoms. The first-order valence-electron chi connectivity index (χ1n) is 8.41. The number of aryl methyl sites for hydroxylation is 1. The number of rotatable bonds is 9. The Morgan fingerprint density at radius 1 is 1.27 bits per heavy atom. The zero-order valence-corrected chi connectivity index (χ0v) is 14.6. The fraction of sp³-hybridized carbons (Fsp3) is 0.316. The van der Waals surface area contributed by atoms with Crippen LogP contribution in [0.2, 0.25) is 0 Å². The molecule has 0 radical (unpaired) electrons. The number of nitrogens with two attached hydrogens (primary N) is 1. The molecular formula is C19H22N2O5. The number of hydrogen-bond donors (Lipinski definition) is 2. The van der Waals surface area contributed by atoms with Crippen molar-refractivity contribution in [1.82, 2.24) is 5.32 Å². The number of hydrogen-bond acceptors (Lipinski definition) is 5. The van der Waals surface area contributed by atoms with Gasteiger partial charge in [0.25, 0.3) is 5.91 Å². The van der Waals surface area contributed by atoms with Crippen molar-refractivity contribution in [1.29, 1.82) is 0 Å². The van der Waals surface area contributed by atoms with Crippen molar-refractivity contribution < 1.29 is 23.5 Å². The van der Waals surface area contributed by atoms with Crippen molar-refractivity contribution in [2.24, 2.45) is 5.73 Å². The smallest absolute Gasteiger partial charge is 0.331 e. The molecule has 2 aromatic rings. The second-order valence-corrected chi connectivity index (χ2v) is 5.72. The summed E-state index contributed by atoms with van der Waals surface area (Å²) in [5.41, 5.74) is 6.51. The summed E-state index contributed by atoms with van der Waals surface area (Å²) in [6.45, 7) is 1.32.